The van der Waals surface area contributed by atoms with Crippen molar-refractivity contribution in [3.05, 3.63) is 34.4 Å². The van der Waals surface area contributed by atoms with Crippen molar-refractivity contribution in [3.63, 3.8) is 0 Å². The van der Waals surface area contributed by atoms with Crippen molar-refractivity contribution in [2.75, 3.05) is 0 Å². The van der Waals surface area contributed by atoms with Gasteiger partial charge in [-0.05, 0) is 25.5 Å². The van der Waals surface area contributed by atoms with Crippen LogP contribution < -0.4 is 0 Å². The van der Waals surface area contributed by atoms with Crippen molar-refractivity contribution in [3.8, 4) is 0 Å². The number of hydrogen-bond acceptors (Lipinski definition) is 1. The van der Waals surface area contributed by atoms with Gasteiger partial charge in [0.05, 0.1) is 11.1 Å². The van der Waals surface area contributed by atoms with E-state index in [-0.39, 0.29) is 11.6 Å². The quantitative estimate of drug-likeness (QED) is 0.551. The Kier molecular flexibility index (Phi) is 3.47. The van der Waals surface area contributed by atoms with Crippen molar-refractivity contribution >= 4 is 5.78 Å². The molecular formula is C11H8F6O. The molecule has 1 aromatic carbocycles. The summed E-state index contributed by atoms with van der Waals surface area (Å²) in [6.07, 6.45) is -10.3. The van der Waals surface area contributed by atoms with Gasteiger partial charge in [-0.25, -0.2) is 0 Å². The van der Waals surface area contributed by atoms with E-state index in [1.54, 1.807) is 0 Å². The van der Waals surface area contributed by atoms with Crippen molar-refractivity contribution in [2.24, 2.45) is 0 Å². The third kappa shape index (κ3) is 2.65. The van der Waals surface area contributed by atoms with E-state index < -0.39 is 34.8 Å². The van der Waals surface area contributed by atoms with Gasteiger partial charge in [-0.1, -0.05) is 6.07 Å². The Bertz CT molecular complexity index is 484. The molecule has 0 saturated heterocycles. The summed E-state index contributed by atoms with van der Waals surface area (Å²) in [5, 5.41) is 0. The summed E-state index contributed by atoms with van der Waals surface area (Å²) < 4.78 is 75.5. The van der Waals surface area contributed by atoms with Crippen LogP contribution in [0.3, 0.4) is 0 Å². The van der Waals surface area contributed by atoms with Crippen LogP contribution in [0.1, 0.15) is 34.0 Å². The van der Waals surface area contributed by atoms with Gasteiger partial charge in [0.1, 0.15) is 0 Å². The minimum atomic E-state index is -5.17. The molecule has 0 aliphatic heterocycles. The van der Waals surface area contributed by atoms with E-state index in [2.05, 4.69) is 0 Å². The highest BCUT2D eigenvalue weighted by Crippen LogP contribution is 2.42. The highest BCUT2D eigenvalue weighted by Gasteiger charge is 2.44. The van der Waals surface area contributed by atoms with Gasteiger partial charge < -0.3 is 0 Å². The van der Waals surface area contributed by atoms with Crippen LogP contribution in [0, 0.1) is 6.92 Å². The molecule has 0 bridgehead atoms. The minimum Gasteiger partial charge on any atom is -0.295 e. The SMILES string of the molecule is CC(=O)c1ccc(C(F)(F)F)c(C(F)(F)F)c1C. The molecule has 1 aromatic rings. The average molecular weight is 270 g/mol. The maximum Gasteiger partial charge on any atom is 0.417 e. The summed E-state index contributed by atoms with van der Waals surface area (Å²) in [6, 6.07) is 1.04. The Labute approximate surface area is 98.4 Å². The predicted octanol–water partition coefficient (Wildman–Crippen LogP) is 4.24. The number of ketones is 1. The predicted molar refractivity (Wildman–Crippen MR) is 51.2 cm³/mol. The van der Waals surface area contributed by atoms with E-state index in [4.69, 9.17) is 0 Å². The maximum absolute atomic E-state index is 12.7. The molecule has 0 aromatic heterocycles. The minimum absolute atomic E-state index is 0.284. The summed E-state index contributed by atoms with van der Waals surface area (Å²) in [7, 11) is 0. The second kappa shape index (κ2) is 4.29. The lowest BCUT2D eigenvalue weighted by atomic mass is 9.94. The van der Waals surface area contributed by atoms with Crippen LogP contribution in [-0.2, 0) is 12.4 Å². The smallest absolute Gasteiger partial charge is 0.295 e. The molecular weight excluding hydrogens is 262 g/mol. The summed E-state index contributed by atoms with van der Waals surface area (Å²) in [4.78, 5) is 11.1. The van der Waals surface area contributed by atoms with Gasteiger partial charge >= 0.3 is 12.4 Å². The number of carbonyl (C=O) groups excluding carboxylic acids is 1. The lowest BCUT2D eigenvalue weighted by molar-refractivity contribution is -0.162. The Hall–Kier alpha value is -1.53. The molecule has 0 amide bonds. The topological polar surface area (TPSA) is 17.1 Å². The highest BCUT2D eigenvalue weighted by molar-refractivity contribution is 5.96. The number of rotatable bonds is 1. The van der Waals surface area contributed by atoms with Crippen LogP contribution in [-0.4, -0.2) is 5.78 Å². The Morgan fingerprint density at radius 3 is 1.83 bits per heavy atom. The monoisotopic (exact) mass is 270 g/mol. The first-order valence-electron chi connectivity index (χ1n) is 4.75. The van der Waals surface area contributed by atoms with Crippen molar-refractivity contribution in [1.29, 1.82) is 0 Å². The number of alkyl halides is 6. The molecule has 0 fully saturated rings. The molecule has 0 aliphatic carbocycles. The molecule has 0 radical (unpaired) electrons. The zero-order chi connectivity index (χ0) is 14.3. The molecule has 0 heterocycles. The Morgan fingerprint density at radius 2 is 1.50 bits per heavy atom. The van der Waals surface area contributed by atoms with E-state index in [0.717, 1.165) is 19.9 Å². The number of Topliss-reactive ketones (excluding diaryl/α,β-unsaturated/α-hetero) is 1. The molecule has 1 nitrogen and oxygen atoms in total. The van der Waals surface area contributed by atoms with Gasteiger partial charge in [0.25, 0.3) is 0 Å². The van der Waals surface area contributed by atoms with Gasteiger partial charge in [0, 0.05) is 5.56 Å². The van der Waals surface area contributed by atoms with Crippen LogP contribution in [0.2, 0.25) is 0 Å². The second-order valence-electron chi connectivity index (χ2n) is 3.71. The van der Waals surface area contributed by atoms with Gasteiger partial charge in [-0.15, -0.1) is 0 Å². The maximum atomic E-state index is 12.7. The van der Waals surface area contributed by atoms with Crippen molar-refractivity contribution in [2.45, 2.75) is 26.2 Å². The fourth-order valence-electron chi connectivity index (χ4n) is 1.69. The highest BCUT2D eigenvalue weighted by atomic mass is 19.4. The Balaban J connectivity index is 3.69. The zero-order valence-electron chi connectivity index (χ0n) is 9.33. The van der Waals surface area contributed by atoms with Crippen LogP contribution in [0.25, 0.3) is 0 Å². The van der Waals surface area contributed by atoms with Crippen LogP contribution in [0.5, 0.6) is 0 Å². The lowest BCUT2D eigenvalue weighted by Crippen LogP contribution is -2.19. The summed E-state index contributed by atoms with van der Waals surface area (Å²) in [5.41, 5.74) is -4.65. The number of carbonyl (C=O) groups is 1. The molecule has 7 heteroatoms. The van der Waals surface area contributed by atoms with E-state index in [9.17, 15) is 31.1 Å². The van der Waals surface area contributed by atoms with E-state index in [1.165, 1.54) is 0 Å². The zero-order valence-corrected chi connectivity index (χ0v) is 9.33. The van der Waals surface area contributed by atoms with Crippen LogP contribution in [0.15, 0.2) is 12.1 Å². The summed E-state index contributed by atoms with van der Waals surface area (Å²) in [5.74, 6) is -0.716. The van der Waals surface area contributed by atoms with Gasteiger partial charge in [0.15, 0.2) is 5.78 Å². The second-order valence-corrected chi connectivity index (χ2v) is 3.71. The third-order valence-corrected chi connectivity index (χ3v) is 2.43. The van der Waals surface area contributed by atoms with Gasteiger partial charge in [-0.2, -0.15) is 26.3 Å². The summed E-state index contributed by atoms with van der Waals surface area (Å²) >= 11 is 0. The van der Waals surface area contributed by atoms with E-state index in [1.807, 2.05) is 0 Å². The van der Waals surface area contributed by atoms with E-state index in [0.29, 0.717) is 0 Å². The standard InChI is InChI=1S/C11H8F6O/c1-5-7(6(2)18)3-4-8(10(12,13)14)9(5)11(15,16)17/h3-4H,1-2H3. The fourth-order valence-corrected chi connectivity index (χ4v) is 1.69. The van der Waals surface area contributed by atoms with Crippen molar-refractivity contribution in [1.82, 2.24) is 0 Å². The largest absolute Gasteiger partial charge is 0.417 e. The molecule has 0 saturated carbocycles. The third-order valence-electron chi connectivity index (χ3n) is 2.43. The molecule has 18 heavy (non-hydrogen) atoms. The number of halogens is 6. The number of benzene rings is 1. The van der Waals surface area contributed by atoms with Gasteiger partial charge in [0.2, 0.25) is 0 Å². The summed E-state index contributed by atoms with van der Waals surface area (Å²) in [6.45, 7) is 1.85. The normalized spacial score (nSPS) is 12.7. The van der Waals surface area contributed by atoms with Crippen molar-refractivity contribution < 1.29 is 31.1 Å². The molecule has 0 spiro atoms. The first-order chi connectivity index (χ1) is 7.96. The first kappa shape index (κ1) is 14.5. The van der Waals surface area contributed by atoms with E-state index >= 15 is 0 Å². The fraction of sp³-hybridized carbons (Fsp3) is 0.364. The molecule has 0 atom stereocenters. The molecule has 0 N–H and O–H groups in total. The first-order valence-corrected chi connectivity index (χ1v) is 4.75. The lowest BCUT2D eigenvalue weighted by Gasteiger charge is -2.19. The molecule has 1 rings (SSSR count). The van der Waals surface area contributed by atoms with Crippen LogP contribution in [0.4, 0.5) is 26.3 Å². The Morgan fingerprint density at radius 1 is 1.00 bits per heavy atom. The van der Waals surface area contributed by atoms with Gasteiger partial charge in [-0.3, -0.25) is 4.79 Å². The molecule has 100 valence electrons. The molecule has 0 aliphatic rings. The number of hydrogen-bond donors (Lipinski definition) is 0. The van der Waals surface area contributed by atoms with Crippen LogP contribution >= 0.6 is 0 Å². The average Bonchev–Trinajstić information content (AvgIpc) is 2.12. The molecule has 0 unspecified atom stereocenters.